The summed E-state index contributed by atoms with van der Waals surface area (Å²) >= 11 is 0. The fraction of sp³-hybridized carbons (Fsp3) is 1.00. The molecule has 0 saturated carbocycles. The lowest BCUT2D eigenvalue weighted by molar-refractivity contribution is 0.163. The number of ether oxygens (including phenoxy) is 1. The summed E-state index contributed by atoms with van der Waals surface area (Å²) in [5.41, 5.74) is 0. The molecule has 0 aromatic heterocycles. The number of methoxy groups -OCH3 is 1. The van der Waals surface area contributed by atoms with Gasteiger partial charge in [-0.15, -0.1) is 0 Å². The average molecular weight is 223 g/mol. The van der Waals surface area contributed by atoms with Crippen LogP contribution in [-0.2, 0) is 14.6 Å². The third-order valence-electron chi connectivity index (χ3n) is 1.91. The predicted molar refractivity (Wildman–Crippen MR) is 58.3 cm³/mol. The molecule has 14 heavy (non-hydrogen) atoms. The largest absolute Gasteiger partial charge is 0.383 e. The van der Waals surface area contributed by atoms with Crippen LogP contribution in [0, 0.1) is 0 Å². The van der Waals surface area contributed by atoms with Crippen molar-refractivity contribution >= 4 is 9.84 Å². The van der Waals surface area contributed by atoms with E-state index >= 15 is 0 Å². The van der Waals surface area contributed by atoms with Crippen molar-refractivity contribution in [3.05, 3.63) is 0 Å². The molecule has 0 heterocycles. The Morgan fingerprint density at radius 3 is 2.50 bits per heavy atom. The van der Waals surface area contributed by atoms with Crippen LogP contribution in [-0.4, -0.2) is 46.7 Å². The lowest BCUT2D eigenvalue weighted by atomic mass is 10.2. The molecule has 4 nitrogen and oxygen atoms in total. The highest BCUT2D eigenvalue weighted by Gasteiger charge is 2.08. The Hall–Kier alpha value is -0.130. The van der Waals surface area contributed by atoms with Crippen molar-refractivity contribution in [1.82, 2.24) is 5.32 Å². The predicted octanol–water partition coefficient (Wildman–Crippen LogP) is 0.436. The van der Waals surface area contributed by atoms with Crippen LogP contribution in [0.4, 0.5) is 0 Å². The molecule has 1 N–H and O–H groups in total. The van der Waals surface area contributed by atoms with E-state index in [9.17, 15) is 8.42 Å². The molecule has 0 spiro atoms. The Labute approximate surface area is 86.9 Å². The third-order valence-corrected chi connectivity index (χ3v) is 2.86. The fourth-order valence-corrected chi connectivity index (χ4v) is 1.73. The van der Waals surface area contributed by atoms with E-state index < -0.39 is 9.84 Å². The second-order valence-electron chi connectivity index (χ2n) is 3.52. The van der Waals surface area contributed by atoms with Gasteiger partial charge in [0, 0.05) is 26.0 Å². The zero-order valence-corrected chi connectivity index (χ0v) is 10.1. The van der Waals surface area contributed by atoms with Crippen LogP contribution in [0.2, 0.25) is 0 Å². The van der Waals surface area contributed by atoms with Crippen LogP contribution < -0.4 is 5.32 Å². The van der Waals surface area contributed by atoms with E-state index in [1.165, 1.54) is 6.26 Å². The third kappa shape index (κ3) is 8.47. The van der Waals surface area contributed by atoms with Crippen LogP contribution in [0.5, 0.6) is 0 Å². The van der Waals surface area contributed by atoms with E-state index in [0.717, 1.165) is 12.8 Å². The van der Waals surface area contributed by atoms with Crippen molar-refractivity contribution < 1.29 is 13.2 Å². The van der Waals surface area contributed by atoms with Crippen LogP contribution in [0.3, 0.4) is 0 Å². The summed E-state index contributed by atoms with van der Waals surface area (Å²) in [6, 6.07) is 0.270. The molecule has 0 amide bonds. The zero-order chi connectivity index (χ0) is 11.0. The number of nitrogens with one attached hydrogen (secondary N) is 1. The maximum atomic E-state index is 10.9. The van der Waals surface area contributed by atoms with Crippen LogP contribution in [0.1, 0.15) is 19.8 Å². The lowest BCUT2D eigenvalue weighted by Gasteiger charge is -2.16. The smallest absolute Gasteiger partial charge is 0.148 e. The SMILES string of the molecule is CCCC(COC)NCCS(C)(=O)=O. The first-order chi connectivity index (χ1) is 6.49. The average Bonchev–Trinajstić information content (AvgIpc) is 2.02. The normalized spacial score (nSPS) is 14.2. The molecular formula is C9H21NO3S. The van der Waals surface area contributed by atoms with E-state index in [1.54, 1.807) is 7.11 Å². The van der Waals surface area contributed by atoms with Gasteiger partial charge in [0.15, 0.2) is 0 Å². The fourth-order valence-electron chi connectivity index (χ4n) is 1.24. The molecule has 1 atom stereocenters. The molecule has 86 valence electrons. The molecule has 0 saturated heterocycles. The first-order valence-corrected chi connectivity index (χ1v) is 6.95. The van der Waals surface area contributed by atoms with Gasteiger partial charge < -0.3 is 10.1 Å². The molecule has 0 bridgehead atoms. The molecule has 0 fully saturated rings. The second kappa shape index (κ2) is 7.20. The summed E-state index contributed by atoms with van der Waals surface area (Å²) in [6.07, 6.45) is 3.33. The monoisotopic (exact) mass is 223 g/mol. The minimum atomic E-state index is -2.85. The molecule has 5 heteroatoms. The van der Waals surface area contributed by atoms with E-state index in [1.807, 2.05) is 0 Å². The van der Waals surface area contributed by atoms with E-state index in [0.29, 0.717) is 13.2 Å². The van der Waals surface area contributed by atoms with Gasteiger partial charge in [-0.3, -0.25) is 0 Å². The summed E-state index contributed by atoms with van der Waals surface area (Å²) in [6.45, 7) is 3.24. The molecule has 0 rings (SSSR count). The summed E-state index contributed by atoms with van der Waals surface area (Å²) < 4.78 is 26.7. The number of hydrogen-bond donors (Lipinski definition) is 1. The molecule has 0 aromatic carbocycles. The molecular weight excluding hydrogens is 202 g/mol. The summed E-state index contributed by atoms with van der Waals surface area (Å²) in [7, 11) is -1.20. The minimum Gasteiger partial charge on any atom is -0.383 e. The minimum absolute atomic E-state index is 0.191. The van der Waals surface area contributed by atoms with Crippen LogP contribution >= 0.6 is 0 Å². The van der Waals surface area contributed by atoms with Crippen molar-refractivity contribution in [2.24, 2.45) is 0 Å². The summed E-state index contributed by atoms with van der Waals surface area (Å²) in [5.74, 6) is 0.191. The molecule has 0 radical (unpaired) electrons. The Kier molecular flexibility index (Phi) is 7.13. The quantitative estimate of drug-likeness (QED) is 0.648. The van der Waals surface area contributed by atoms with Crippen LogP contribution in [0.15, 0.2) is 0 Å². The highest BCUT2D eigenvalue weighted by molar-refractivity contribution is 7.90. The van der Waals surface area contributed by atoms with Gasteiger partial charge in [0.1, 0.15) is 9.84 Å². The summed E-state index contributed by atoms with van der Waals surface area (Å²) in [4.78, 5) is 0. The Bertz CT molecular complexity index is 220. The second-order valence-corrected chi connectivity index (χ2v) is 5.78. The molecule has 0 aliphatic rings. The van der Waals surface area contributed by atoms with Crippen LogP contribution in [0.25, 0.3) is 0 Å². The molecule has 0 aliphatic carbocycles. The maximum Gasteiger partial charge on any atom is 0.148 e. The highest BCUT2D eigenvalue weighted by atomic mass is 32.2. The Balaban J connectivity index is 3.70. The topological polar surface area (TPSA) is 55.4 Å². The standard InChI is InChI=1S/C9H21NO3S/c1-4-5-9(8-13-2)10-6-7-14(3,11)12/h9-10H,4-8H2,1-3H3. The molecule has 0 aromatic rings. The van der Waals surface area contributed by atoms with Crippen molar-refractivity contribution in [1.29, 1.82) is 0 Å². The van der Waals surface area contributed by atoms with Gasteiger partial charge in [0.25, 0.3) is 0 Å². The van der Waals surface area contributed by atoms with Gasteiger partial charge in [-0.1, -0.05) is 13.3 Å². The number of hydrogen-bond acceptors (Lipinski definition) is 4. The van der Waals surface area contributed by atoms with Crippen molar-refractivity contribution in [2.75, 3.05) is 32.3 Å². The maximum absolute atomic E-state index is 10.9. The van der Waals surface area contributed by atoms with Gasteiger partial charge in [-0.2, -0.15) is 0 Å². The Morgan fingerprint density at radius 1 is 1.43 bits per heavy atom. The van der Waals surface area contributed by atoms with E-state index in [4.69, 9.17) is 4.74 Å². The van der Waals surface area contributed by atoms with Crippen molar-refractivity contribution in [3.63, 3.8) is 0 Å². The van der Waals surface area contributed by atoms with E-state index in [-0.39, 0.29) is 11.8 Å². The van der Waals surface area contributed by atoms with Gasteiger partial charge >= 0.3 is 0 Å². The molecule has 1 unspecified atom stereocenters. The summed E-state index contributed by atoms with van der Waals surface area (Å²) in [5, 5.41) is 3.17. The van der Waals surface area contributed by atoms with Gasteiger partial charge in [0.05, 0.1) is 12.4 Å². The van der Waals surface area contributed by atoms with Gasteiger partial charge in [0.2, 0.25) is 0 Å². The van der Waals surface area contributed by atoms with E-state index in [2.05, 4.69) is 12.2 Å². The Morgan fingerprint density at radius 2 is 2.07 bits per heavy atom. The molecule has 0 aliphatic heterocycles. The highest BCUT2D eigenvalue weighted by Crippen LogP contribution is 1.96. The number of rotatable bonds is 8. The van der Waals surface area contributed by atoms with Gasteiger partial charge in [-0.25, -0.2) is 8.42 Å². The first-order valence-electron chi connectivity index (χ1n) is 4.89. The first kappa shape index (κ1) is 13.9. The number of sulfone groups is 1. The van der Waals surface area contributed by atoms with Crippen molar-refractivity contribution in [3.8, 4) is 0 Å². The lowest BCUT2D eigenvalue weighted by Crippen LogP contribution is -2.36. The van der Waals surface area contributed by atoms with Gasteiger partial charge in [-0.05, 0) is 6.42 Å². The van der Waals surface area contributed by atoms with Crippen molar-refractivity contribution in [2.45, 2.75) is 25.8 Å². The zero-order valence-electron chi connectivity index (χ0n) is 9.25.